The van der Waals surface area contributed by atoms with Crippen LogP contribution in [0.15, 0.2) is 48.0 Å². The van der Waals surface area contributed by atoms with Crippen LogP contribution in [0.4, 0.5) is 16.0 Å². The number of carboxylic acid groups (broad SMARTS) is 1. The summed E-state index contributed by atoms with van der Waals surface area (Å²) in [5.74, 6) is -1.12. The molecular weight excluding hydrogens is 547 g/mol. The number of anilines is 2. The first-order valence-corrected chi connectivity index (χ1v) is 13.6. The first-order valence-electron chi connectivity index (χ1n) is 12.7. The molecule has 0 spiro atoms. The number of thiazole rings is 1. The molecular formula is C28H25FN8O3S. The lowest BCUT2D eigenvalue weighted by Gasteiger charge is -2.20. The molecule has 0 bridgehead atoms. The number of carbonyl (C=O) groups excluding carboxylic acids is 1. The number of aliphatic carboxylic acids is 1. The molecule has 13 heteroatoms. The summed E-state index contributed by atoms with van der Waals surface area (Å²) in [6.07, 6.45) is 1.84. The Balaban J connectivity index is 1.40. The van der Waals surface area contributed by atoms with E-state index in [4.69, 9.17) is 10.8 Å². The summed E-state index contributed by atoms with van der Waals surface area (Å²) in [7, 11) is 0. The Kier molecular flexibility index (Phi) is 6.07. The van der Waals surface area contributed by atoms with Crippen LogP contribution in [0.1, 0.15) is 42.6 Å². The minimum absolute atomic E-state index is 0.0881. The molecule has 1 aliphatic rings. The van der Waals surface area contributed by atoms with Crippen LogP contribution in [0.2, 0.25) is 0 Å². The minimum atomic E-state index is -1.27. The molecule has 0 saturated carbocycles. The molecule has 0 radical (unpaired) electrons. The molecule has 4 aromatic heterocycles. The maximum absolute atomic E-state index is 13.8. The fraction of sp³-hybridized carbons (Fsp3) is 0.250. The highest BCUT2D eigenvalue weighted by Gasteiger charge is 2.50. The molecule has 208 valence electrons. The van der Waals surface area contributed by atoms with E-state index in [2.05, 4.69) is 25.3 Å². The van der Waals surface area contributed by atoms with Crippen LogP contribution in [0.5, 0.6) is 0 Å². The number of nitrogens with zero attached hydrogens (tertiary/aromatic N) is 6. The molecule has 41 heavy (non-hydrogen) atoms. The number of nitrogens with two attached hydrogens (primary N) is 1. The average molecular weight is 573 g/mol. The number of hydrogen-bond donors (Lipinski definition) is 3. The van der Waals surface area contributed by atoms with E-state index in [9.17, 15) is 19.1 Å². The van der Waals surface area contributed by atoms with Gasteiger partial charge < -0.3 is 16.2 Å². The number of carboxylic acids is 1. The quantitative estimate of drug-likeness (QED) is 0.261. The van der Waals surface area contributed by atoms with Crippen molar-refractivity contribution in [3.63, 3.8) is 0 Å². The van der Waals surface area contributed by atoms with Crippen LogP contribution in [0.3, 0.4) is 0 Å². The van der Waals surface area contributed by atoms with Gasteiger partial charge in [0.25, 0.3) is 0 Å². The van der Waals surface area contributed by atoms with Crippen molar-refractivity contribution in [2.24, 2.45) is 5.41 Å². The molecule has 5 aromatic rings. The molecule has 11 nitrogen and oxygen atoms in total. The zero-order valence-corrected chi connectivity index (χ0v) is 23.2. The number of fused-ring (bicyclic) bond motifs is 2. The summed E-state index contributed by atoms with van der Waals surface area (Å²) >= 11 is 1.26. The number of rotatable bonds is 7. The predicted octanol–water partition coefficient (Wildman–Crippen LogP) is 4.03. The number of halogens is 1. The van der Waals surface area contributed by atoms with Crippen molar-refractivity contribution in [1.82, 2.24) is 29.7 Å². The zero-order chi connectivity index (χ0) is 29.1. The number of nitrogen functional groups attached to an aromatic ring is 1. The Hall–Kier alpha value is -4.78. The summed E-state index contributed by atoms with van der Waals surface area (Å²) in [6.45, 7) is 5.22. The van der Waals surface area contributed by atoms with Gasteiger partial charge in [-0.25, -0.2) is 29.0 Å². The van der Waals surface area contributed by atoms with Gasteiger partial charge in [0.1, 0.15) is 33.6 Å². The molecule has 0 fully saturated rings. The van der Waals surface area contributed by atoms with Crippen molar-refractivity contribution in [2.75, 3.05) is 11.1 Å². The van der Waals surface area contributed by atoms with Crippen molar-refractivity contribution in [3.8, 4) is 11.5 Å². The first-order chi connectivity index (χ1) is 19.5. The number of aromatic nitrogens is 6. The number of carbonyl (C=O) groups is 2. The fourth-order valence-corrected chi connectivity index (χ4v) is 5.94. The number of hydrogen-bond acceptors (Lipinski definition) is 9. The molecule has 1 aliphatic heterocycles. The highest BCUT2D eigenvalue weighted by molar-refractivity contribution is 7.10. The second kappa shape index (κ2) is 9.41. The van der Waals surface area contributed by atoms with Gasteiger partial charge in [-0.3, -0.25) is 9.59 Å². The second-order valence-corrected chi connectivity index (χ2v) is 11.6. The van der Waals surface area contributed by atoms with Gasteiger partial charge in [0.15, 0.2) is 11.5 Å². The Morgan fingerprint density at radius 2 is 2.02 bits per heavy atom. The van der Waals surface area contributed by atoms with Gasteiger partial charge in [0.2, 0.25) is 5.91 Å². The SMILES string of the molecule is CC(C)(Cc1csc(C2(C)C(=O)Nc3nc(-c4nn(Cc5cccc(F)c5)c5ncccc45)nc(N)c32)n1)C(=O)O. The van der Waals surface area contributed by atoms with Crippen molar-refractivity contribution in [2.45, 2.75) is 39.2 Å². The highest BCUT2D eigenvalue weighted by atomic mass is 32.1. The van der Waals surface area contributed by atoms with Crippen molar-refractivity contribution < 1.29 is 19.1 Å². The predicted molar refractivity (Wildman–Crippen MR) is 151 cm³/mol. The monoisotopic (exact) mass is 572 g/mol. The van der Waals surface area contributed by atoms with Crippen LogP contribution in [-0.2, 0) is 28.0 Å². The Morgan fingerprint density at radius 3 is 2.78 bits per heavy atom. The lowest BCUT2D eigenvalue weighted by Crippen LogP contribution is -2.33. The first kappa shape index (κ1) is 26.4. The van der Waals surface area contributed by atoms with Crippen LogP contribution in [-0.4, -0.2) is 46.7 Å². The fourth-order valence-electron chi connectivity index (χ4n) is 4.96. The molecule has 6 rings (SSSR count). The second-order valence-electron chi connectivity index (χ2n) is 10.8. The van der Waals surface area contributed by atoms with E-state index in [1.165, 1.54) is 23.5 Å². The highest BCUT2D eigenvalue weighted by Crippen LogP contribution is 2.46. The van der Waals surface area contributed by atoms with E-state index in [0.29, 0.717) is 38.6 Å². The third kappa shape index (κ3) is 4.38. The van der Waals surface area contributed by atoms with Gasteiger partial charge in [-0.05, 0) is 50.6 Å². The van der Waals surface area contributed by atoms with Gasteiger partial charge >= 0.3 is 5.97 Å². The molecule has 1 unspecified atom stereocenters. The number of amides is 1. The lowest BCUT2D eigenvalue weighted by atomic mass is 9.85. The van der Waals surface area contributed by atoms with E-state index in [-0.39, 0.29) is 42.2 Å². The van der Waals surface area contributed by atoms with Crippen molar-refractivity contribution in [3.05, 3.63) is 75.6 Å². The van der Waals surface area contributed by atoms with Crippen LogP contribution >= 0.6 is 11.3 Å². The van der Waals surface area contributed by atoms with Crippen molar-refractivity contribution in [1.29, 1.82) is 0 Å². The van der Waals surface area contributed by atoms with E-state index >= 15 is 0 Å². The maximum Gasteiger partial charge on any atom is 0.309 e. The largest absolute Gasteiger partial charge is 0.481 e. The molecule has 0 saturated heterocycles. The average Bonchev–Trinajstić information content (AvgIpc) is 3.59. The minimum Gasteiger partial charge on any atom is -0.481 e. The smallest absolute Gasteiger partial charge is 0.309 e. The topological polar surface area (TPSA) is 162 Å². The van der Waals surface area contributed by atoms with E-state index < -0.39 is 16.8 Å². The van der Waals surface area contributed by atoms with Crippen LogP contribution in [0.25, 0.3) is 22.6 Å². The zero-order valence-electron chi connectivity index (χ0n) is 22.3. The van der Waals surface area contributed by atoms with E-state index in [1.54, 1.807) is 55.2 Å². The number of nitrogens with one attached hydrogen (secondary N) is 1. The number of pyridine rings is 1. The van der Waals surface area contributed by atoms with Gasteiger partial charge in [-0.15, -0.1) is 11.3 Å². The summed E-state index contributed by atoms with van der Waals surface area (Å²) < 4.78 is 15.5. The molecule has 1 atom stereocenters. The molecule has 0 aliphatic carbocycles. The van der Waals surface area contributed by atoms with Gasteiger partial charge in [0, 0.05) is 18.0 Å². The standard InChI is InChI=1S/C28H25FN8O3S/c1-27(2,26(39)40)11-16-13-41-25(32-16)28(3)18-20(30)33-22(34-21(18)35-24(28)38)19-17-8-5-9-31-23(17)37(36-19)12-14-6-4-7-15(29)10-14/h4-10,13H,11-12H2,1-3H3,(H,39,40)(H3,30,33,34,35,38). The normalized spacial score (nSPS) is 16.6. The van der Waals surface area contributed by atoms with Gasteiger partial charge in [-0.1, -0.05) is 12.1 Å². The summed E-state index contributed by atoms with van der Waals surface area (Å²) in [5, 5.41) is 19.9. The Labute approximate surface area is 237 Å². The molecule has 4 N–H and O–H groups in total. The third-order valence-corrected chi connectivity index (χ3v) is 8.36. The third-order valence-electron chi connectivity index (χ3n) is 7.24. The lowest BCUT2D eigenvalue weighted by molar-refractivity contribution is -0.146. The van der Waals surface area contributed by atoms with Crippen LogP contribution in [0, 0.1) is 11.2 Å². The summed E-state index contributed by atoms with van der Waals surface area (Å²) in [4.78, 5) is 43.3. The van der Waals surface area contributed by atoms with Gasteiger partial charge in [0.05, 0.1) is 28.6 Å². The van der Waals surface area contributed by atoms with E-state index in [0.717, 1.165) is 0 Å². The van der Waals surface area contributed by atoms with E-state index in [1.807, 2.05) is 6.07 Å². The van der Waals surface area contributed by atoms with Crippen molar-refractivity contribution >= 4 is 45.9 Å². The summed E-state index contributed by atoms with van der Waals surface area (Å²) in [5.41, 5.74) is 6.84. The summed E-state index contributed by atoms with van der Waals surface area (Å²) in [6, 6.07) is 9.84. The molecule has 1 aromatic carbocycles. The van der Waals surface area contributed by atoms with Gasteiger partial charge in [-0.2, -0.15) is 5.10 Å². The number of benzene rings is 1. The maximum atomic E-state index is 13.8. The Bertz CT molecular complexity index is 1870. The molecule has 5 heterocycles. The Morgan fingerprint density at radius 1 is 1.22 bits per heavy atom. The molecule has 1 amide bonds. The van der Waals surface area contributed by atoms with Crippen LogP contribution < -0.4 is 11.1 Å².